The molecular weight excluding hydrogens is 137 g/mol. The largest absolute Gasteiger partial charge is 0.330 e. The van der Waals surface area contributed by atoms with Crippen LogP contribution < -0.4 is 5.73 Å². The molecule has 0 aromatic rings. The van der Waals surface area contributed by atoms with Gasteiger partial charge in [-0.05, 0) is 25.6 Å². The number of halogens is 1. The molecule has 0 aliphatic heterocycles. The molecule has 0 heterocycles. The van der Waals surface area contributed by atoms with Gasteiger partial charge in [0.2, 0.25) is 0 Å². The lowest BCUT2D eigenvalue weighted by Crippen LogP contribution is -2.02. The van der Waals surface area contributed by atoms with Gasteiger partial charge in [0.15, 0.2) is 0 Å². The van der Waals surface area contributed by atoms with E-state index in [0.717, 1.165) is 12.2 Å². The predicted octanol–water partition coefficient (Wildman–Crippen LogP) is 1.43. The molecule has 1 nitrogen and oxygen atoms in total. The monoisotopic (exact) mass is 151 g/mol. The van der Waals surface area contributed by atoms with Crippen LogP contribution in [-0.2, 0) is 0 Å². The van der Waals surface area contributed by atoms with Crippen molar-refractivity contribution in [1.82, 2.24) is 0 Å². The zero-order valence-electron chi connectivity index (χ0n) is 5.77. The molecule has 0 saturated carbocycles. The van der Waals surface area contributed by atoms with Gasteiger partial charge in [-0.1, -0.05) is 0 Å². The van der Waals surface area contributed by atoms with Crippen molar-refractivity contribution in [3.63, 3.8) is 0 Å². The van der Waals surface area contributed by atoms with E-state index >= 15 is 0 Å². The molecule has 1 unspecified atom stereocenters. The highest BCUT2D eigenvalue weighted by Crippen LogP contribution is 2.05. The van der Waals surface area contributed by atoms with Crippen LogP contribution in [0.1, 0.15) is 13.3 Å². The number of hydrogen-bond acceptors (Lipinski definition) is 2. The number of hydrogen-bond donors (Lipinski definition) is 1. The van der Waals surface area contributed by atoms with E-state index in [1.165, 1.54) is 0 Å². The van der Waals surface area contributed by atoms with Gasteiger partial charge in [0.05, 0.1) is 0 Å². The third-order valence-electron chi connectivity index (χ3n) is 0.840. The van der Waals surface area contributed by atoms with Gasteiger partial charge in [0, 0.05) is 5.75 Å². The summed E-state index contributed by atoms with van der Waals surface area (Å²) in [6.07, 6.45) is 0.324. The molecule has 0 radical (unpaired) electrons. The maximum atomic E-state index is 12.1. The molecule has 0 bridgehead atoms. The van der Waals surface area contributed by atoms with Crippen LogP contribution in [-0.4, -0.2) is 24.2 Å². The van der Waals surface area contributed by atoms with E-state index in [1.54, 1.807) is 18.7 Å². The first-order valence-corrected chi connectivity index (χ1v) is 4.34. The second-order valence-electron chi connectivity index (χ2n) is 2.00. The molecule has 0 fully saturated rings. The minimum atomic E-state index is -0.673. The molecule has 1 atom stereocenters. The van der Waals surface area contributed by atoms with Crippen molar-refractivity contribution in [3.05, 3.63) is 0 Å². The number of alkyl halides is 1. The number of rotatable bonds is 5. The van der Waals surface area contributed by atoms with Gasteiger partial charge in [0.25, 0.3) is 0 Å². The molecule has 0 amide bonds. The Morgan fingerprint density at radius 2 is 2.33 bits per heavy atom. The quantitative estimate of drug-likeness (QED) is 0.601. The molecule has 9 heavy (non-hydrogen) atoms. The lowest BCUT2D eigenvalue weighted by molar-refractivity contribution is 0.398. The molecule has 3 heteroatoms. The van der Waals surface area contributed by atoms with E-state index in [1.807, 2.05) is 0 Å². The zero-order valence-corrected chi connectivity index (χ0v) is 6.59. The second-order valence-corrected chi connectivity index (χ2v) is 3.15. The Morgan fingerprint density at radius 3 is 2.78 bits per heavy atom. The molecule has 0 spiro atoms. The van der Waals surface area contributed by atoms with E-state index in [9.17, 15) is 4.39 Å². The minimum Gasteiger partial charge on any atom is -0.330 e. The van der Waals surface area contributed by atoms with Gasteiger partial charge in [-0.3, -0.25) is 0 Å². The molecule has 2 N–H and O–H groups in total. The van der Waals surface area contributed by atoms with E-state index < -0.39 is 6.17 Å². The van der Waals surface area contributed by atoms with Crippen molar-refractivity contribution in [1.29, 1.82) is 0 Å². The third-order valence-corrected chi connectivity index (χ3v) is 2.11. The first-order chi connectivity index (χ1) is 4.27. The van der Waals surface area contributed by atoms with Crippen LogP contribution in [0, 0.1) is 0 Å². The van der Waals surface area contributed by atoms with Crippen molar-refractivity contribution < 1.29 is 4.39 Å². The summed E-state index contributed by atoms with van der Waals surface area (Å²) in [4.78, 5) is 0. The maximum Gasteiger partial charge on any atom is 0.106 e. The standard InChI is InChI=1S/C6H14FNS/c1-6(7)5-9-4-2-3-8/h6H,2-5,8H2,1H3. The maximum absolute atomic E-state index is 12.1. The summed E-state index contributed by atoms with van der Waals surface area (Å²) >= 11 is 1.63. The van der Waals surface area contributed by atoms with Crippen molar-refractivity contribution in [3.8, 4) is 0 Å². The normalized spacial score (nSPS) is 13.7. The van der Waals surface area contributed by atoms with Crippen LogP contribution >= 0.6 is 11.8 Å². The Hall–Kier alpha value is 0.240. The first-order valence-electron chi connectivity index (χ1n) is 3.19. The Morgan fingerprint density at radius 1 is 1.67 bits per heavy atom. The van der Waals surface area contributed by atoms with Crippen LogP contribution in [0.3, 0.4) is 0 Å². The topological polar surface area (TPSA) is 26.0 Å². The van der Waals surface area contributed by atoms with Crippen molar-refractivity contribution in [2.45, 2.75) is 19.5 Å². The Balaban J connectivity index is 2.75. The van der Waals surface area contributed by atoms with E-state index in [2.05, 4.69) is 0 Å². The van der Waals surface area contributed by atoms with E-state index in [0.29, 0.717) is 12.3 Å². The lowest BCUT2D eigenvalue weighted by atomic mass is 10.5. The smallest absolute Gasteiger partial charge is 0.106 e. The summed E-state index contributed by atoms with van der Waals surface area (Å²) in [6.45, 7) is 2.29. The van der Waals surface area contributed by atoms with Crippen LogP contribution in [0.4, 0.5) is 4.39 Å². The predicted molar refractivity (Wildman–Crippen MR) is 41.6 cm³/mol. The fraction of sp³-hybridized carbons (Fsp3) is 1.00. The van der Waals surface area contributed by atoms with Crippen molar-refractivity contribution in [2.75, 3.05) is 18.1 Å². The van der Waals surface area contributed by atoms with Gasteiger partial charge >= 0.3 is 0 Å². The summed E-state index contributed by atoms with van der Waals surface area (Å²) in [7, 11) is 0. The Bertz CT molecular complexity index is 59.0. The molecule has 56 valence electrons. The van der Waals surface area contributed by atoms with Gasteiger partial charge < -0.3 is 5.73 Å². The third kappa shape index (κ3) is 8.24. The highest BCUT2D eigenvalue weighted by Gasteiger charge is 1.95. The molecule has 0 aromatic carbocycles. The molecule has 0 rings (SSSR count). The van der Waals surface area contributed by atoms with Gasteiger partial charge in [-0.15, -0.1) is 0 Å². The SMILES string of the molecule is CC(F)CSCCCN. The summed E-state index contributed by atoms with van der Waals surface area (Å²) < 4.78 is 12.1. The lowest BCUT2D eigenvalue weighted by Gasteiger charge is -1.99. The molecule has 0 aromatic heterocycles. The van der Waals surface area contributed by atoms with E-state index in [4.69, 9.17) is 5.73 Å². The van der Waals surface area contributed by atoms with Crippen LogP contribution in [0.2, 0.25) is 0 Å². The summed E-state index contributed by atoms with van der Waals surface area (Å²) in [5.74, 6) is 1.60. The second kappa shape index (κ2) is 6.36. The molecular formula is C6H14FNS. The summed E-state index contributed by atoms with van der Waals surface area (Å²) in [5.41, 5.74) is 5.24. The van der Waals surface area contributed by atoms with Crippen molar-refractivity contribution in [2.24, 2.45) is 5.73 Å². The summed E-state index contributed by atoms with van der Waals surface area (Å²) in [5, 5.41) is 0. The van der Waals surface area contributed by atoms with Crippen LogP contribution in [0.15, 0.2) is 0 Å². The molecule has 0 aliphatic carbocycles. The highest BCUT2D eigenvalue weighted by atomic mass is 32.2. The average molecular weight is 151 g/mol. The van der Waals surface area contributed by atoms with Crippen LogP contribution in [0.5, 0.6) is 0 Å². The van der Waals surface area contributed by atoms with Crippen LogP contribution in [0.25, 0.3) is 0 Å². The fourth-order valence-corrected chi connectivity index (χ4v) is 1.29. The summed E-state index contributed by atoms with van der Waals surface area (Å²) in [6, 6.07) is 0. The van der Waals surface area contributed by atoms with Gasteiger partial charge in [-0.2, -0.15) is 11.8 Å². The van der Waals surface area contributed by atoms with Gasteiger partial charge in [-0.25, -0.2) is 4.39 Å². The average Bonchev–Trinajstić information content (AvgIpc) is 1.80. The minimum absolute atomic E-state index is 0.611. The van der Waals surface area contributed by atoms with Gasteiger partial charge in [0.1, 0.15) is 6.17 Å². The molecule has 0 saturated heterocycles. The highest BCUT2D eigenvalue weighted by molar-refractivity contribution is 7.99. The zero-order chi connectivity index (χ0) is 7.11. The Kier molecular flexibility index (Phi) is 6.53. The number of nitrogens with two attached hydrogens (primary N) is 1. The molecule has 0 aliphatic rings. The fourth-order valence-electron chi connectivity index (χ4n) is 0.431. The first kappa shape index (κ1) is 9.24. The van der Waals surface area contributed by atoms with E-state index in [-0.39, 0.29) is 0 Å². The Labute approximate surface area is 60.2 Å². The van der Waals surface area contributed by atoms with Crippen molar-refractivity contribution >= 4 is 11.8 Å². The number of thioether (sulfide) groups is 1.